The van der Waals surface area contributed by atoms with Gasteiger partial charge in [-0.2, -0.15) is 0 Å². The fourth-order valence-electron chi connectivity index (χ4n) is 1.87. The SMILES string of the molecule is Cc1nc2scc(-c3ccccc3)n2c(=O)c1N. The topological polar surface area (TPSA) is 60.4 Å². The molecule has 0 unspecified atom stereocenters. The molecule has 3 aromatic rings. The van der Waals surface area contributed by atoms with Crippen LogP contribution in [0.1, 0.15) is 5.69 Å². The van der Waals surface area contributed by atoms with E-state index in [-0.39, 0.29) is 11.2 Å². The summed E-state index contributed by atoms with van der Waals surface area (Å²) in [6.07, 6.45) is 0. The highest BCUT2D eigenvalue weighted by Gasteiger charge is 2.12. The largest absolute Gasteiger partial charge is 0.393 e. The molecule has 0 fully saturated rings. The lowest BCUT2D eigenvalue weighted by Gasteiger charge is -2.03. The van der Waals surface area contributed by atoms with E-state index in [0.717, 1.165) is 11.3 Å². The third-order valence-electron chi connectivity index (χ3n) is 2.86. The van der Waals surface area contributed by atoms with Crippen molar-refractivity contribution in [2.45, 2.75) is 6.92 Å². The Bertz CT molecular complexity index is 774. The lowest BCUT2D eigenvalue weighted by atomic mass is 10.2. The highest BCUT2D eigenvalue weighted by Crippen LogP contribution is 2.24. The van der Waals surface area contributed by atoms with Gasteiger partial charge >= 0.3 is 0 Å². The normalized spacial score (nSPS) is 10.9. The molecule has 0 amide bonds. The van der Waals surface area contributed by atoms with Crippen LogP contribution in [0.2, 0.25) is 0 Å². The lowest BCUT2D eigenvalue weighted by molar-refractivity contribution is 1.06. The predicted molar refractivity (Wildman–Crippen MR) is 73.9 cm³/mol. The highest BCUT2D eigenvalue weighted by atomic mass is 32.1. The maximum Gasteiger partial charge on any atom is 0.282 e. The van der Waals surface area contributed by atoms with E-state index in [0.29, 0.717) is 10.7 Å². The van der Waals surface area contributed by atoms with Crippen molar-refractivity contribution >= 4 is 22.0 Å². The van der Waals surface area contributed by atoms with E-state index in [2.05, 4.69) is 4.98 Å². The van der Waals surface area contributed by atoms with Gasteiger partial charge in [-0.1, -0.05) is 30.3 Å². The van der Waals surface area contributed by atoms with Gasteiger partial charge < -0.3 is 5.73 Å². The van der Waals surface area contributed by atoms with Crippen LogP contribution >= 0.6 is 11.3 Å². The molecule has 18 heavy (non-hydrogen) atoms. The van der Waals surface area contributed by atoms with Crippen LogP contribution in [0, 0.1) is 6.92 Å². The number of aryl methyl sites for hydroxylation is 1. The second kappa shape index (κ2) is 3.96. The first-order chi connectivity index (χ1) is 8.68. The van der Waals surface area contributed by atoms with Gasteiger partial charge in [0.05, 0.1) is 11.4 Å². The van der Waals surface area contributed by atoms with Crippen LogP contribution < -0.4 is 11.3 Å². The van der Waals surface area contributed by atoms with Gasteiger partial charge in [0.1, 0.15) is 5.69 Å². The van der Waals surface area contributed by atoms with Crippen LogP contribution in [0.3, 0.4) is 0 Å². The summed E-state index contributed by atoms with van der Waals surface area (Å²) in [5.41, 5.74) is 8.18. The van der Waals surface area contributed by atoms with Crippen molar-refractivity contribution in [1.82, 2.24) is 9.38 Å². The number of aromatic nitrogens is 2. The van der Waals surface area contributed by atoms with Crippen LogP contribution in [0.15, 0.2) is 40.5 Å². The molecule has 2 aromatic heterocycles. The summed E-state index contributed by atoms with van der Waals surface area (Å²) < 4.78 is 1.57. The molecule has 3 rings (SSSR count). The van der Waals surface area contributed by atoms with Crippen molar-refractivity contribution < 1.29 is 0 Å². The average Bonchev–Trinajstić information content (AvgIpc) is 2.81. The molecule has 0 spiro atoms. The van der Waals surface area contributed by atoms with Crippen LogP contribution in [0.5, 0.6) is 0 Å². The van der Waals surface area contributed by atoms with Gasteiger partial charge in [0.25, 0.3) is 5.56 Å². The Labute approximate surface area is 107 Å². The predicted octanol–water partition coefficient (Wildman–Crippen LogP) is 2.31. The fraction of sp³-hybridized carbons (Fsp3) is 0.0769. The third-order valence-corrected chi connectivity index (χ3v) is 3.69. The first-order valence-electron chi connectivity index (χ1n) is 5.50. The first kappa shape index (κ1) is 11.0. The van der Waals surface area contributed by atoms with Gasteiger partial charge in [-0.15, -0.1) is 11.3 Å². The molecule has 0 radical (unpaired) electrons. The molecule has 0 bridgehead atoms. The van der Waals surface area contributed by atoms with Gasteiger partial charge in [-0.25, -0.2) is 9.38 Å². The van der Waals surface area contributed by atoms with Crippen molar-refractivity contribution in [3.8, 4) is 11.3 Å². The fourth-order valence-corrected chi connectivity index (χ4v) is 2.81. The van der Waals surface area contributed by atoms with Gasteiger partial charge in [0.15, 0.2) is 4.96 Å². The zero-order valence-corrected chi connectivity index (χ0v) is 10.6. The van der Waals surface area contributed by atoms with E-state index in [1.165, 1.54) is 11.3 Å². The van der Waals surface area contributed by atoms with Crippen molar-refractivity contribution in [2.24, 2.45) is 0 Å². The monoisotopic (exact) mass is 257 g/mol. The summed E-state index contributed by atoms with van der Waals surface area (Å²) in [6.45, 7) is 1.75. The van der Waals surface area contributed by atoms with Crippen molar-refractivity contribution in [3.63, 3.8) is 0 Å². The second-order valence-corrected chi connectivity index (χ2v) is 4.86. The molecule has 1 aromatic carbocycles. The Hall–Kier alpha value is -2.14. The lowest BCUT2D eigenvalue weighted by Crippen LogP contribution is -2.19. The van der Waals surface area contributed by atoms with E-state index in [9.17, 15) is 4.79 Å². The standard InChI is InChI=1S/C13H11N3OS/c1-8-11(14)12(17)16-10(7-18-13(16)15-8)9-5-3-2-4-6-9/h2-7H,14H2,1H3. The molecule has 0 saturated carbocycles. The number of fused-ring (bicyclic) bond motifs is 1. The molecule has 0 saturated heterocycles. The number of thiazole rings is 1. The summed E-state index contributed by atoms with van der Waals surface area (Å²) in [4.78, 5) is 17.2. The number of anilines is 1. The van der Waals surface area contributed by atoms with Crippen LogP contribution in [0.4, 0.5) is 5.69 Å². The van der Waals surface area contributed by atoms with Crippen molar-refractivity contribution in [2.75, 3.05) is 5.73 Å². The molecule has 2 N–H and O–H groups in total. The maximum atomic E-state index is 12.2. The summed E-state index contributed by atoms with van der Waals surface area (Å²) in [6, 6.07) is 9.75. The number of nitrogens with two attached hydrogens (primary N) is 1. The van der Waals surface area contributed by atoms with Crippen molar-refractivity contribution in [1.29, 1.82) is 0 Å². The van der Waals surface area contributed by atoms with Gasteiger partial charge in [-0.05, 0) is 12.5 Å². The summed E-state index contributed by atoms with van der Waals surface area (Å²) in [5, 5.41) is 1.93. The number of hydrogen-bond donors (Lipinski definition) is 1. The van der Waals surface area contributed by atoms with Crippen LogP contribution in [-0.2, 0) is 0 Å². The summed E-state index contributed by atoms with van der Waals surface area (Å²) in [5.74, 6) is 0. The minimum absolute atomic E-state index is 0.197. The van der Waals surface area contributed by atoms with Gasteiger partial charge in [-0.3, -0.25) is 4.79 Å². The second-order valence-electron chi connectivity index (χ2n) is 4.02. The van der Waals surface area contributed by atoms with Crippen LogP contribution in [0.25, 0.3) is 16.2 Å². The quantitative estimate of drug-likeness (QED) is 0.727. The summed E-state index contributed by atoms with van der Waals surface area (Å²) in [7, 11) is 0. The first-order valence-corrected chi connectivity index (χ1v) is 6.38. The smallest absolute Gasteiger partial charge is 0.282 e. The Morgan fingerprint density at radius 1 is 1.28 bits per heavy atom. The number of rotatable bonds is 1. The minimum Gasteiger partial charge on any atom is -0.393 e. The zero-order valence-electron chi connectivity index (χ0n) is 9.75. The molecule has 2 heterocycles. The summed E-state index contributed by atoms with van der Waals surface area (Å²) >= 11 is 1.44. The van der Waals surface area contributed by atoms with E-state index in [1.54, 1.807) is 11.3 Å². The zero-order chi connectivity index (χ0) is 12.7. The van der Waals surface area contributed by atoms with E-state index < -0.39 is 0 Å². The minimum atomic E-state index is -0.197. The molecule has 4 nitrogen and oxygen atoms in total. The average molecular weight is 257 g/mol. The van der Waals surface area contributed by atoms with E-state index >= 15 is 0 Å². The molecule has 90 valence electrons. The molecule has 5 heteroatoms. The number of nitrogen functional groups attached to an aromatic ring is 1. The number of hydrogen-bond acceptors (Lipinski definition) is 4. The molecular formula is C13H11N3OS. The Kier molecular flexibility index (Phi) is 2.41. The number of benzene rings is 1. The van der Waals surface area contributed by atoms with Crippen molar-refractivity contribution in [3.05, 3.63) is 51.8 Å². The molecular weight excluding hydrogens is 246 g/mol. The Balaban J connectivity index is 2.40. The Morgan fingerprint density at radius 2 is 2.00 bits per heavy atom. The van der Waals surface area contributed by atoms with E-state index in [1.807, 2.05) is 35.7 Å². The van der Waals surface area contributed by atoms with Crippen LogP contribution in [-0.4, -0.2) is 9.38 Å². The maximum absolute atomic E-state index is 12.2. The third kappa shape index (κ3) is 1.52. The molecule has 0 aliphatic heterocycles. The molecule has 0 aliphatic carbocycles. The van der Waals surface area contributed by atoms with Gasteiger partial charge in [0.2, 0.25) is 0 Å². The van der Waals surface area contributed by atoms with E-state index in [4.69, 9.17) is 5.73 Å². The molecule has 0 atom stereocenters. The Morgan fingerprint density at radius 3 is 2.72 bits per heavy atom. The number of nitrogens with zero attached hydrogens (tertiary/aromatic N) is 2. The highest BCUT2D eigenvalue weighted by molar-refractivity contribution is 7.15. The molecule has 0 aliphatic rings. The van der Waals surface area contributed by atoms with Gasteiger partial charge in [0, 0.05) is 5.38 Å².